The fraction of sp³-hybridized carbons (Fsp3) is 0.400. The van der Waals surface area contributed by atoms with E-state index in [1.807, 2.05) is 36.4 Å². The standard InChI is InChI=1S/C20H24O6/c1-21-12-24-16-7-4-14-5-8-17(26-19(14)11-16)15-6-9-18(23-3)20(10-15)25-13-22-2/h4,6-7,9-11,17H,5,8,12-13H2,1-3H3. The second-order valence-electron chi connectivity index (χ2n) is 5.93. The minimum Gasteiger partial charge on any atom is -0.493 e. The number of ether oxygens (including phenoxy) is 6. The second kappa shape index (κ2) is 8.78. The van der Waals surface area contributed by atoms with Crippen LogP contribution in [0.3, 0.4) is 0 Å². The van der Waals surface area contributed by atoms with Crippen LogP contribution >= 0.6 is 0 Å². The van der Waals surface area contributed by atoms with Gasteiger partial charge < -0.3 is 28.4 Å². The summed E-state index contributed by atoms with van der Waals surface area (Å²) in [5.41, 5.74) is 2.21. The van der Waals surface area contributed by atoms with E-state index in [-0.39, 0.29) is 19.7 Å². The molecule has 0 saturated heterocycles. The lowest BCUT2D eigenvalue weighted by Gasteiger charge is -2.27. The van der Waals surface area contributed by atoms with Crippen LogP contribution in [0.5, 0.6) is 23.0 Å². The minimum absolute atomic E-state index is 0.0593. The summed E-state index contributed by atoms with van der Waals surface area (Å²) in [4.78, 5) is 0. The van der Waals surface area contributed by atoms with E-state index in [4.69, 9.17) is 28.4 Å². The predicted molar refractivity (Wildman–Crippen MR) is 96.1 cm³/mol. The van der Waals surface area contributed by atoms with Crippen molar-refractivity contribution in [2.24, 2.45) is 0 Å². The summed E-state index contributed by atoms with van der Waals surface area (Å²) >= 11 is 0. The van der Waals surface area contributed by atoms with Crippen molar-refractivity contribution in [3.8, 4) is 23.0 Å². The molecule has 1 atom stereocenters. The summed E-state index contributed by atoms with van der Waals surface area (Å²) in [6, 6.07) is 11.7. The van der Waals surface area contributed by atoms with Crippen molar-refractivity contribution in [2.45, 2.75) is 18.9 Å². The van der Waals surface area contributed by atoms with Crippen LogP contribution in [0, 0.1) is 0 Å². The molecule has 2 aromatic carbocycles. The average Bonchev–Trinajstić information content (AvgIpc) is 2.69. The van der Waals surface area contributed by atoms with Crippen LogP contribution in [0.4, 0.5) is 0 Å². The quantitative estimate of drug-likeness (QED) is 0.669. The Morgan fingerprint density at radius 2 is 1.73 bits per heavy atom. The first-order valence-electron chi connectivity index (χ1n) is 8.46. The normalized spacial score (nSPS) is 15.7. The van der Waals surface area contributed by atoms with Crippen LogP contribution in [0.15, 0.2) is 36.4 Å². The summed E-state index contributed by atoms with van der Waals surface area (Å²) in [5.74, 6) is 2.87. The van der Waals surface area contributed by atoms with Crippen LogP contribution < -0.4 is 18.9 Å². The first-order chi connectivity index (χ1) is 12.7. The SMILES string of the molecule is COCOc1ccc2c(c1)OC(c1ccc(OC)c(OCOC)c1)CC2. The maximum atomic E-state index is 6.22. The molecule has 0 N–H and O–H groups in total. The summed E-state index contributed by atoms with van der Waals surface area (Å²) in [5, 5.41) is 0. The van der Waals surface area contributed by atoms with Gasteiger partial charge in [-0.25, -0.2) is 0 Å². The van der Waals surface area contributed by atoms with E-state index >= 15 is 0 Å². The molecule has 0 spiro atoms. The largest absolute Gasteiger partial charge is 0.493 e. The Balaban J connectivity index is 1.79. The van der Waals surface area contributed by atoms with E-state index in [2.05, 4.69) is 0 Å². The predicted octanol–water partition coefficient (Wildman–Crippen LogP) is 3.73. The lowest BCUT2D eigenvalue weighted by atomic mass is 9.97. The van der Waals surface area contributed by atoms with Crippen LogP contribution in [0.25, 0.3) is 0 Å². The Bertz CT molecular complexity index is 730. The smallest absolute Gasteiger partial charge is 0.188 e. The topological polar surface area (TPSA) is 55.4 Å². The molecule has 0 bridgehead atoms. The molecule has 1 aliphatic heterocycles. The van der Waals surface area contributed by atoms with E-state index < -0.39 is 0 Å². The third-order valence-electron chi connectivity index (χ3n) is 4.22. The van der Waals surface area contributed by atoms with Crippen LogP contribution in [-0.2, 0) is 15.9 Å². The molecular weight excluding hydrogens is 336 g/mol. The number of hydrogen-bond donors (Lipinski definition) is 0. The highest BCUT2D eigenvalue weighted by molar-refractivity contribution is 5.46. The minimum atomic E-state index is -0.0593. The van der Waals surface area contributed by atoms with E-state index in [1.165, 1.54) is 5.56 Å². The molecule has 0 fully saturated rings. The van der Waals surface area contributed by atoms with Gasteiger partial charge in [0.2, 0.25) is 0 Å². The third kappa shape index (κ3) is 4.20. The van der Waals surface area contributed by atoms with Crippen LogP contribution in [-0.4, -0.2) is 34.9 Å². The van der Waals surface area contributed by atoms with Gasteiger partial charge in [-0.3, -0.25) is 0 Å². The van der Waals surface area contributed by atoms with Crippen molar-refractivity contribution < 1.29 is 28.4 Å². The maximum Gasteiger partial charge on any atom is 0.188 e. The summed E-state index contributed by atoms with van der Waals surface area (Å²) in [7, 11) is 4.79. The zero-order valence-electron chi connectivity index (χ0n) is 15.3. The Kier molecular flexibility index (Phi) is 6.20. The molecule has 3 rings (SSSR count). The Hall–Kier alpha value is -2.44. The van der Waals surface area contributed by atoms with Gasteiger partial charge in [0.1, 0.15) is 17.6 Å². The third-order valence-corrected chi connectivity index (χ3v) is 4.22. The molecule has 0 radical (unpaired) electrons. The summed E-state index contributed by atoms with van der Waals surface area (Å²) < 4.78 is 32.6. The van der Waals surface area contributed by atoms with Crippen LogP contribution in [0.2, 0.25) is 0 Å². The Labute approximate surface area is 153 Å². The van der Waals surface area contributed by atoms with Crippen molar-refractivity contribution in [2.75, 3.05) is 34.9 Å². The van der Waals surface area contributed by atoms with Crippen molar-refractivity contribution in [3.05, 3.63) is 47.5 Å². The number of hydrogen-bond acceptors (Lipinski definition) is 6. The van der Waals surface area contributed by atoms with Gasteiger partial charge in [-0.1, -0.05) is 12.1 Å². The van der Waals surface area contributed by atoms with E-state index in [1.54, 1.807) is 21.3 Å². The molecule has 6 nitrogen and oxygen atoms in total. The molecule has 140 valence electrons. The zero-order valence-corrected chi connectivity index (χ0v) is 15.3. The van der Waals surface area contributed by atoms with Gasteiger partial charge in [0.05, 0.1) is 7.11 Å². The van der Waals surface area contributed by atoms with Gasteiger partial charge in [-0.2, -0.15) is 0 Å². The first-order valence-corrected chi connectivity index (χ1v) is 8.46. The van der Waals surface area contributed by atoms with Crippen molar-refractivity contribution >= 4 is 0 Å². The number of benzene rings is 2. The molecule has 26 heavy (non-hydrogen) atoms. The molecule has 0 saturated carbocycles. The highest BCUT2D eigenvalue weighted by Gasteiger charge is 2.23. The van der Waals surface area contributed by atoms with Crippen molar-refractivity contribution in [3.63, 3.8) is 0 Å². The lowest BCUT2D eigenvalue weighted by molar-refractivity contribution is 0.0487. The molecule has 0 aromatic heterocycles. The fourth-order valence-corrected chi connectivity index (χ4v) is 2.93. The molecular formula is C20H24O6. The number of aryl methyl sites for hydroxylation is 1. The monoisotopic (exact) mass is 360 g/mol. The molecule has 1 unspecified atom stereocenters. The van der Waals surface area contributed by atoms with E-state index in [0.29, 0.717) is 11.5 Å². The first kappa shape index (κ1) is 18.4. The fourth-order valence-electron chi connectivity index (χ4n) is 2.93. The molecule has 0 aliphatic carbocycles. The number of methoxy groups -OCH3 is 3. The lowest BCUT2D eigenvalue weighted by Crippen LogP contribution is -2.15. The summed E-state index contributed by atoms with van der Waals surface area (Å²) in [6.07, 6.45) is 1.77. The Morgan fingerprint density at radius 1 is 0.923 bits per heavy atom. The molecule has 0 amide bonds. The molecule has 2 aromatic rings. The number of fused-ring (bicyclic) bond motifs is 1. The van der Waals surface area contributed by atoms with Gasteiger partial charge in [0.15, 0.2) is 25.1 Å². The van der Waals surface area contributed by atoms with Gasteiger partial charge in [-0.15, -0.1) is 0 Å². The van der Waals surface area contributed by atoms with Gasteiger partial charge >= 0.3 is 0 Å². The van der Waals surface area contributed by atoms with Gasteiger partial charge in [0.25, 0.3) is 0 Å². The van der Waals surface area contributed by atoms with Gasteiger partial charge in [-0.05, 0) is 42.2 Å². The highest BCUT2D eigenvalue weighted by atomic mass is 16.7. The van der Waals surface area contributed by atoms with Gasteiger partial charge in [0, 0.05) is 20.3 Å². The van der Waals surface area contributed by atoms with Crippen LogP contribution in [0.1, 0.15) is 23.7 Å². The summed E-state index contributed by atoms with van der Waals surface area (Å²) in [6.45, 7) is 0.370. The highest BCUT2D eigenvalue weighted by Crippen LogP contribution is 2.39. The molecule has 1 aliphatic rings. The number of rotatable bonds is 8. The van der Waals surface area contributed by atoms with Crippen molar-refractivity contribution in [1.29, 1.82) is 0 Å². The van der Waals surface area contributed by atoms with Crippen molar-refractivity contribution in [1.82, 2.24) is 0 Å². The average molecular weight is 360 g/mol. The van der Waals surface area contributed by atoms with E-state index in [0.717, 1.165) is 29.9 Å². The zero-order chi connectivity index (χ0) is 18.4. The van der Waals surface area contributed by atoms with E-state index in [9.17, 15) is 0 Å². The Morgan fingerprint density at radius 3 is 2.50 bits per heavy atom. The molecule has 6 heteroatoms. The second-order valence-corrected chi connectivity index (χ2v) is 5.93. The molecule has 1 heterocycles. The maximum absolute atomic E-state index is 6.22.